The summed E-state index contributed by atoms with van der Waals surface area (Å²) < 4.78 is 8.53. The molecule has 24 heavy (non-hydrogen) atoms. The Morgan fingerprint density at radius 2 is 0.875 bits per heavy atom. The molecule has 12 heteroatoms. The predicted octanol–water partition coefficient (Wildman–Crippen LogP) is -1.10. The van der Waals surface area contributed by atoms with Crippen LogP contribution in [0.25, 0.3) is 0 Å². The normalized spacial score (nSPS) is 10.6. The molecule has 4 N–H and O–H groups in total. The summed E-state index contributed by atoms with van der Waals surface area (Å²) in [7, 11) is 0. The van der Waals surface area contributed by atoms with Crippen molar-refractivity contribution in [3.05, 3.63) is 12.5 Å². The quantitative estimate of drug-likeness (QED) is 0.211. The van der Waals surface area contributed by atoms with Gasteiger partial charge in [-0.15, -0.1) is 0 Å². The second-order valence-corrected chi connectivity index (χ2v) is 4.12. The maximum absolute atomic E-state index is 11.2. The second kappa shape index (κ2) is 9.55. The van der Waals surface area contributed by atoms with Crippen LogP contribution in [0.5, 0.6) is 0 Å². The van der Waals surface area contributed by atoms with E-state index >= 15 is 0 Å². The van der Waals surface area contributed by atoms with Crippen LogP contribution in [0.2, 0.25) is 0 Å². The zero-order valence-electron chi connectivity index (χ0n) is 11.8. The van der Waals surface area contributed by atoms with E-state index in [0.717, 1.165) is 0 Å². The number of hydrogen-bond donors (Lipinski definition) is 4. The van der Waals surface area contributed by atoms with Gasteiger partial charge >= 0.3 is 35.8 Å². The molecule has 0 aliphatic rings. The first kappa shape index (κ1) is 20.6. The highest BCUT2D eigenvalue weighted by atomic mass is 16.6. The van der Waals surface area contributed by atoms with Crippen LogP contribution in [0.4, 0.5) is 0 Å². The molecule has 0 saturated heterocycles. The van der Waals surface area contributed by atoms with Crippen molar-refractivity contribution in [1.29, 1.82) is 0 Å². The minimum Gasteiger partial charge on any atom is -0.481 e. The fourth-order valence-electron chi connectivity index (χ4n) is 1.20. The van der Waals surface area contributed by atoms with Crippen molar-refractivity contribution in [2.24, 2.45) is 11.8 Å². The minimum atomic E-state index is -2.01. The molecule has 0 aromatic rings. The Balaban J connectivity index is 4.38. The highest BCUT2D eigenvalue weighted by molar-refractivity contribution is 5.97. The molecular weight excluding hydrogens is 336 g/mol. The number of ether oxygens (including phenoxy) is 2. The van der Waals surface area contributed by atoms with Gasteiger partial charge in [0.1, 0.15) is 12.5 Å². The van der Waals surface area contributed by atoms with Gasteiger partial charge in [-0.05, 0) is 0 Å². The van der Waals surface area contributed by atoms with Gasteiger partial charge in [-0.25, -0.2) is 0 Å². The van der Waals surface area contributed by atoms with Crippen molar-refractivity contribution in [3.8, 4) is 0 Å². The molecule has 0 saturated carbocycles. The first-order valence-corrected chi connectivity index (χ1v) is 6.01. The summed E-state index contributed by atoms with van der Waals surface area (Å²) in [4.78, 5) is 64.5. The van der Waals surface area contributed by atoms with E-state index in [0.29, 0.717) is 12.5 Å². The number of carbonyl (C=O) groups is 6. The summed E-state index contributed by atoms with van der Waals surface area (Å²) in [6, 6.07) is 0. The average molecular weight is 348 g/mol. The van der Waals surface area contributed by atoms with Crippen molar-refractivity contribution in [2.75, 3.05) is 0 Å². The van der Waals surface area contributed by atoms with Crippen LogP contribution in [0.15, 0.2) is 12.5 Å². The fraction of sp³-hybridized carbons (Fsp3) is 0.333. The Kier molecular flexibility index (Phi) is 8.18. The maximum Gasteiger partial charge on any atom is 0.318 e. The maximum atomic E-state index is 11.2. The number of carboxylic acid groups (broad SMARTS) is 4. The first-order chi connectivity index (χ1) is 11.1. The molecule has 0 aliphatic heterocycles. The van der Waals surface area contributed by atoms with E-state index < -0.39 is 60.5 Å². The molecule has 0 bridgehead atoms. The van der Waals surface area contributed by atoms with Crippen LogP contribution in [0, 0.1) is 11.8 Å². The predicted molar refractivity (Wildman–Crippen MR) is 68.1 cm³/mol. The molecule has 0 unspecified atom stereocenters. The third kappa shape index (κ3) is 7.53. The second-order valence-electron chi connectivity index (χ2n) is 4.12. The van der Waals surface area contributed by atoms with Gasteiger partial charge in [0.15, 0.2) is 11.8 Å². The Morgan fingerprint density at radius 1 is 0.625 bits per heavy atom. The molecule has 0 amide bonds. The Morgan fingerprint density at radius 3 is 1.08 bits per heavy atom. The fourth-order valence-corrected chi connectivity index (χ4v) is 1.20. The SMILES string of the molecule is O=C(CC(C(=O)O)C(=O)O)OC=COC(=O)CC(C(=O)O)C(=O)O. The summed E-state index contributed by atoms with van der Waals surface area (Å²) in [5, 5.41) is 34.2. The van der Waals surface area contributed by atoms with E-state index in [4.69, 9.17) is 20.4 Å². The number of rotatable bonds is 10. The highest BCUT2D eigenvalue weighted by Gasteiger charge is 2.30. The number of hydrogen-bond acceptors (Lipinski definition) is 8. The van der Waals surface area contributed by atoms with Gasteiger partial charge in [-0.1, -0.05) is 0 Å². The molecular formula is C12H12O12. The van der Waals surface area contributed by atoms with Gasteiger partial charge < -0.3 is 29.9 Å². The third-order valence-electron chi connectivity index (χ3n) is 2.39. The first-order valence-electron chi connectivity index (χ1n) is 6.01. The lowest BCUT2D eigenvalue weighted by atomic mass is 10.1. The summed E-state index contributed by atoms with van der Waals surface area (Å²) in [6.07, 6.45) is -0.999. The summed E-state index contributed by atoms with van der Waals surface area (Å²) in [5.41, 5.74) is 0. The molecule has 0 fully saturated rings. The summed E-state index contributed by atoms with van der Waals surface area (Å²) in [6.45, 7) is 0. The van der Waals surface area contributed by atoms with Crippen molar-refractivity contribution in [1.82, 2.24) is 0 Å². The summed E-state index contributed by atoms with van der Waals surface area (Å²) >= 11 is 0. The number of aliphatic carboxylic acids is 4. The Labute approximate surface area is 132 Å². The molecule has 0 aromatic heterocycles. The molecule has 12 nitrogen and oxygen atoms in total. The molecule has 0 aromatic carbocycles. The standard InChI is InChI=1S/C12H12O12/c13-7(3-5(9(15)16)10(17)18)23-1-2-24-8(14)4-6(11(19)20)12(21)22/h1-2,5-6H,3-4H2,(H,15,16)(H,17,18)(H,19,20)(H,21,22). The van der Waals surface area contributed by atoms with E-state index in [1.165, 1.54) is 0 Å². The van der Waals surface area contributed by atoms with Crippen molar-refractivity contribution in [3.63, 3.8) is 0 Å². The van der Waals surface area contributed by atoms with Crippen molar-refractivity contribution < 1.29 is 58.7 Å². The van der Waals surface area contributed by atoms with Crippen LogP contribution in [-0.2, 0) is 38.2 Å². The molecule has 0 radical (unpaired) electrons. The number of carbonyl (C=O) groups excluding carboxylic acids is 2. The van der Waals surface area contributed by atoms with Gasteiger partial charge in [0.2, 0.25) is 0 Å². The van der Waals surface area contributed by atoms with Gasteiger partial charge in [0.05, 0.1) is 12.8 Å². The molecule has 0 spiro atoms. The van der Waals surface area contributed by atoms with Crippen LogP contribution < -0.4 is 0 Å². The summed E-state index contributed by atoms with van der Waals surface area (Å²) in [5.74, 6) is -13.5. The molecule has 0 aliphatic carbocycles. The lowest BCUT2D eigenvalue weighted by Gasteiger charge is -2.06. The van der Waals surface area contributed by atoms with Crippen molar-refractivity contribution >= 4 is 35.8 Å². The van der Waals surface area contributed by atoms with Crippen LogP contribution in [-0.4, -0.2) is 56.2 Å². The Bertz CT molecular complexity index is 497. The van der Waals surface area contributed by atoms with E-state index in [1.807, 2.05) is 0 Å². The highest BCUT2D eigenvalue weighted by Crippen LogP contribution is 2.07. The Hall–Kier alpha value is -3.44. The molecule has 0 atom stereocenters. The number of esters is 2. The van der Waals surface area contributed by atoms with Crippen LogP contribution in [0.1, 0.15) is 12.8 Å². The minimum absolute atomic E-state index is 0.484. The monoisotopic (exact) mass is 348 g/mol. The molecule has 0 heterocycles. The van der Waals surface area contributed by atoms with E-state index in [-0.39, 0.29) is 0 Å². The van der Waals surface area contributed by atoms with Crippen molar-refractivity contribution in [2.45, 2.75) is 12.8 Å². The van der Waals surface area contributed by atoms with Gasteiger partial charge in [0, 0.05) is 0 Å². The largest absolute Gasteiger partial charge is 0.481 e. The van der Waals surface area contributed by atoms with Crippen LogP contribution in [0.3, 0.4) is 0 Å². The van der Waals surface area contributed by atoms with Crippen LogP contribution >= 0.6 is 0 Å². The topological polar surface area (TPSA) is 202 Å². The van der Waals surface area contributed by atoms with E-state index in [2.05, 4.69) is 9.47 Å². The molecule has 132 valence electrons. The van der Waals surface area contributed by atoms with Gasteiger partial charge in [-0.2, -0.15) is 0 Å². The third-order valence-corrected chi connectivity index (χ3v) is 2.39. The van der Waals surface area contributed by atoms with Gasteiger partial charge in [-0.3, -0.25) is 28.8 Å². The van der Waals surface area contributed by atoms with Gasteiger partial charge in [0.25, 0.3) is 0 Å². The van der Waals surface area contributed by atoms with E-state index in [1.54, 1.807) is 0 Å². The smallest absolute Gasteiger partial charge is 0.318 e. The number of carboxylic acids is 4. The molecule has 0 rings (SSSR count). The lowest BCUT2D eigenvalue weighted by molar-refractivity contribution is -0.160. The van der Waals surface area contributed by atoms with E-state index in [9.17, 15) is 28.8 Å². The zero-order chi connectivity index (χ0) is 18.9. The average Bonchev–Trinajstić information content (AvgIpc) is 2.45. The zero-order valence-corrected chi connectivity index (χ0v) is 11.8. The lowest BCUT2D eigenvalue weighted by Crippen LogP contribution is -2.26.